The Kier molecular flexibility index (Phi) is 1.81. The number of rotatable bonds is 0. The lowest BCUT2D eigenvalue weighted by Crippen LogP contribution is -2.05. The molecule has 2 atom stereocenters. The molecule has 0 spiro atoms. The Morgan fingerprint density at radius 3 is 1.83 bits per heavy atom. The Morgan fingerprint density at radius 1 is 0.708 bits per heavy atom. The molecule has 1 fully saturated rings. The topological polar surface area (TPSA) is 30.2 Å². The highest BCUT2D eigenvalue weighted by Crippen LogP contribution is 2.50. The Hall–Kier alpha value is -2.68. The van der Waals surface area contributed by atoms with Crippen LogP contribution in [0.15, 0.2) is 42.7 Å². The van der Waals surface area contributed by atoms with Crippen LogP contribution in [0.3, 0.4) is 0 Å². The molecule has 0 amide bonds. The molecule has 3 nitrogen and oxygen atoms in total. The van der Waals surface area contributed by atoms with Gasteiger partial charge in [0.25, 0.3) is 0 Å². The smallest absolute Gasteiger partial charge is 0.0760 e. The van der Waals surface area contributed by atoms with E-state index in [0.29, 0.717) is 11.8 Å². The number of para-hydroxylation sites is 1. The molecule has 5 aromatic rings. The van der Waals surface area contributed by atoms with Gasteiger partial charge in [-0.05, 0) is 31.4 Å². The van der Waals surface area contributed by atoms with E-state index in [4.69, 9.17) is 9.97 Å². The maximum Gasteiger partial charge on any atom is 0.0760 e. The fourth-order valence-electron chi connectivity index (χ4n) is 5.48. The predicted molar refractivity (Wildman–Crippen MR) is 96.0 cm³/mol. The van der Waals surface area contributed by atoms with Crippen LogP contribution in [0.2, 0.25) is 0 Å². The molecule has 24 heavy (non-hydrogen) atoms. The molecule has 114 valence electrons. The third-order valence-corrected chi connectivity index (χ3v) is 6.40. The summed E-state index contributed by atoms with van der Waals surface area (Å²) in [5.74, 6) is 1.14. The van der Waals surface area contributed by atoms with Crippen molar-refractivity contribution < 1.29 is 0 Å². The molecule has 7 rings (SSSR count). The first-order valence-corrected chi connectivity index (χ1v) is 8.83. The summed E-state index contributed by atoms with van der Waals surface area (Å²) in [4.78, 5) is 9.73. The lowest BCUT2D eigenvalue weighted by molar-refractivity contribution is 0.660. The van der Waals surface area contributed by atoms with E-state index in [1.165, 1.54) is 68.7 Å². The summed E-state index contributed by atoms with van der Waals surface area (Å²) in [6.07, 6.45) is 7.68. The van der Waals surface area contributed by atoms with Gasteiger partial charge in [-0.3, -0.25) is 9.97 Å². The van der Waals surface area contributed by atoms with Gasteiger partial charge in [0.15, 0.2) is 0 Å². The minimum atomic E-state index is 0.571. The van der Waals surface area contributed by atoms with Gasteiger partial charge in [-0.25, -0.2) is 0 Å². The van der Waals surface area contributed by atoms with Gasteiger partial charge in [0.05, 0.1) is 27.9 Å². The summed E-state index contributed by atoms with van der Waals surface area (Å²) in [6.45, 7) is 0. The van der Waals surface area contributed by atoms with Gasteiger partial charge < -0.3 is 4.40 Å². The number of pyridine rings is 2. The summed E-state index contributed by atoms with van der Waals surface area (Å²) in [6, 6.07) is 11.1. The Morgan fingerprint density at radius 2 is 1.25 bits per heavy atom. The van der Waals surface area contributed by atoms with Gasteiger partial charge in [-0.1, -0.05) is 18.2 Å². The van der Waals surface area contributed by atoms with Gasteiger partial charge in [0, 0.05) is 45.8 Å². The summed E-state index contributed by atoms with van der Waals surface area (Å²) < 4.78 is 2.49. The van der Waals surface area contributed by atoms with Crippen molar-refractivity contribution in [3.63, 3.8) is 0 Å². The summed E-state index contributed by atoms with van der Waals surface area (Å²) >= 11 is 0. The van der Waals surface area contributed by atoms with E-state index in [1.54, 1.807) is 0 Å². The van der Waals surface area contributed by atoms with Gasteiger partial charge in [-0.2, -0.15) is 0 Å². The average Bonchev–Trinajstić information content (AvgIpc) is 3.31. The fraction of sp³-hybridized carbons (Fsp3) is 0.238. The molecular formula is C21H15N3. The Balaban J connectivity index is 1.95. The van der Waals surface area contributed by atoms with Crippen LogP contribution in [0.4, 0.5) is 0 Å². The lowest BCUT2D eigenvalue weighted by Gasteiger charge is -2.17. The standard InChI is InChI=1S/C21H15N3/c1-2-13-15-6-8-22-17-11-4-5-12(10-11)18-21-16(7-9-23-18)14(3-1)19(13)24(21)20(15)17/h1-3,6-9,11-12H,4-5,10H2. The van der Waals surface area contributed by atoms with Crippen molar-refractivity contribution in [2.24, 2.45) is 0 Å². The zero-order valence-electron chi connectivity index (χ0n) is 13.2. The van der Waals surface area contributed by atoms with Crippen LogP contribution in [0.1, 0.15) is 42.5 Å². The Bertz CT molecular complexity index is 1200. The second kappa shape index (κ2) is 3.69. The summed E-state index contributed by atoms with van der Waals surface area (Å²) in [5.41, 5.74) is 6.63. The van der Waals surface area contributed by atoms with Crippen LogP contribution in [0.5, 0.6) is 0 Å². The highest BCUT2D eigenvalue weighted by molar-refractivity contribution is 6.23. The highest BCUT2D eigenvalue weighted by atomic mass is 15.0. The average molecular weight is 309 g/mol. The van der Waals surface area contributed by atoms with Gasteiger partial charge >= 0.3 is 0 Å². The van der Waals surface area contributed by atoms with Crippen molar-refractivity contribution in [3.05, 3.63) is 54.1 Å². The first-order chi connectivity index (χ1) is 11.9. The quantitative estimate of drug-likeness (QED) is 0.403. The Labute approximate surface area is 138 Å². The zero-order chi connectivity index (χ0) is 15.4. The third kappa shape index (κ3) is 1.11. The van der Waals surface area contributed by atoms with Crippen LogP contribution in [-0.2, 0) is 0 Å². The van der Waals surface area contributed by atoms with E-state index in [0.717, 1.165) is 0 Å². The zero-order valence-corrected chi connectivity index (χ0v) is 13.2. The molecule has 0 N–H and O–H groups in total. The number of hydrogen-bond acceptors (Lipinski definition) is 2. The number of benzene rings is 1. The minimum Gasteiger partial charge on any atom is -0.304 e. The predicted octanol–water partition coefficient (Wildman–Crippen LogP) is 4.99. The van der Waals surface area contributed by atoms with E-state index in [-0.39, 0.29) is 0 Å². The molecule has 1 saturated carbocycles. The van der Waals surface area contributed by atoms with E-state index < -0.39 is 0 Å². The molecule has 1 aliphatic heterocycles. The van der Waals surface area contributed by atoms with Crippen LogP contribution < -0.4 is 0 Å². The monoisotopic (exact) mass is 309 g/mol. The van der Waals surface area contributed by atoms with Crippen molar-refractivity contribution in [1.82, 2.24) is 14.4 Å². The SMILES string of the molecule is c1cc2c3ccnc4c3n3c5c(nccc5c(c1)c23)C1CCC4C1. The highest BCUT2D eigenvalue weighted by Gasteiger charge is 2.35. The van der Waals surface area contributed by atoms with Crippen molar-refractivity contribution >= 4 is 38.1 Å². The molecule has 2 bridgehead atoms. The number of fused-ring (bicyclic) bond motifs is 6. The first-order valence-electron chi connectivity index (χ1n) is 8.83. The fourth-order valence-corrected chi connectivity index (χ4v) is 5.48. The van der Waals surface area contributed by atoms with Crippen LogP contribution in [0, 0.1) is 0 Å². The van der Waals surface area contributed by atoms with E-state index in [2.05, 4.69) is 34.7 Å². The number of aromatic nitrogens is 3. The molecule has 2 unspecified atom stereocenters. The molecule has 4 aromatic heterocycles. The van der Waals surface area contributed by atoms with Gasteiger partial charge in [-0.15, -0.1) is 0 Å². The molecule has 0 radical (unpaired) electrons. The summed E-state index contributed by atoms with van der Waals surface area (Å²) in [7, 11) is 0. The van der Waals surface area contributed by atoms with Crippen molar-refractivity contribution in [3.8, 4) is 0 Å². The number of hydrogen-bond donors (Lipinski definition) is 0. The molecular weight excluding hydrogens is 294 g/mol. The van der Waals surface area contributed by atoms with Crippen molar-refractivity contribution in [2.75, 3.05) is 0 Å². The molecule has 0 saturated heterocycles. The third-order valence-electron chi connectivity index (χ3n) is 6.40. The van der Waals surface area contributed by atoms with Crippen molar-refractivity contribution in [2.45, 2.75) is 31.1 Å². The molecule has 5 heterocycles. The number of nitrogens with zero attached hydrogens (tertiary/aromatic N) is 3. The van der Waals surface area contributed by atoms with Gasteiger partial charge in [0.1, 0.15) is 0 Å². The summed E-state index contributed by atoms with van der Waals surface area (Å²) in [5, 5.41) is 5.41. The van der Waals surface area contributed by atoms with Crippen LogP contribution in [-0.4, -0.2) is 14.4 Å². The minimum absolute atomic E-state index is 0.571. The maximum atomic E-state index is 4.86. The van der Waals surface area contributed by atoms with E-state index in [9.17, 15) is 0 Å². The molecule has 2 aliphatic rings. The largest absolute Gasteiger partial charge is 0.304 e. The van der Waals surface area contributed by atoms with E-state index >= 15 is 0 Å². The molecule has 3 heteroatoms. The van der Waals surface area contributed by atoms with Gasteiger partial charge in [0.2, 0.25) is 0 Å². The van der Waals surface area contributed by atoms with E-state index in [1.807, 2.05) is 12.4 Å². The first kappa shape index (κ1) is 11.8. The lowest BCUT2D eigenvalue weighted by atomic mass is 9.94. The molecule has 1 aromatic carbocycles. The normalized spacial score (nSPS) is 22.5. The molecule has 1 aliphatic carbocycles. The van der Waals surface area contributed by atoms with Crippen LogP contribution in [0.25, 0.3) is 38.1 Å². The van der Waals surface area contributed by atoms with Crippen molar-refractivity contribution in [1.29, 1.82) is 0 Å². The second-order valence-corrected chi connectivity index (χ2v) is 7.43. The maximum absolute atomic E-state index is 4.86. The van der Waals surface area contributed by atoms with Crippen LogP contribution >= 0.6 is 0 Å². The second-order valence-electron chi connectivity index (χ2n) is 7.43.